The van der Waals surface area contributed by atoms with E-state index < -0.39 is 0 Å². The molecule has 110 valence electrons. The van der Waals surface area contributed by atoms with E-state index in [1.807, 2.05) is 0 Å². The zero-order valence-corrected chi connectivity index (χ0v) is 13.5. The first-order chi connectivity index (χ1) is 10.2. The summed E-state index contributed by atoms with van der Waals surface area (Å²) in [7, 11) is 1.70. The summed E-state index contributed by atoms with van der Waals surface area (Å²) < 4.78 is 12.4. The maximum absolute atomic E-state index is 5.99. The lowest BCUT2D eigenvalue weighted by atomic mass is 10.1. The minimum absolute atomic E-state index is 0.526. The smallest absolute Gasteiger partial charge is 0.135 e. The van der Waals surface area contributed by atoms with Gasteiger partial charge in [0.1, 0.15) is 12.4 Å². The van der Waals surface area contributed by atoms with E-state index in [2.05, 4.69) is 49.6 Å². The van der Waals surface area contributed by atoms with Gasteiger partial charge in [-0.25, -0.2) is 0 Å². The molecule has 0 bridgehead atoms. The van der Waals surface area contributed by atoms with Gasteiger partial charge in [0.25, 0.3) is 0 Å². The van der Waals surface area contributed by atoms with Crippen molar-refractivity contribution in [2.75, 3.05) is 20.3 Å². The third kappa shape index (κ3) is 2.63. The molecule has 1 aromatic heterocycles. The predicted molar refractivity (Wildman–Crippen MR) is 89.9 cm³/mol. The van der Waals surface area contributed by atoms with Gasteiger partial charge in [0, 0.05) is 28.3 Å². The molecule has 0 amide bonds. The topological polar surface area (TPSA) is 18.5 Å². The van der Waals surface area contributed by atoms with Crippen molar-refractivity contribution in [3.05, 3.63) is 41.3 Å². The number of fused-ring (bicyclic) bond motifs is 3. The van der Waals surface area contributed by atoms with Gasteiger partial charge in [-0.15, -0.1) is 11.3 Å². The maximum Gasteiger partial charge on any atom is 0.135 e. The van der Waals surface area contributed by atoms with Gasteiger partial charge in [0.15, 0.2) is 0 Å². The van der Waals surface area contributed by atoms with Crippen LogP contribution in [0.1, 0.15) is 25.3 Å². The third-order valence-electron chi connectivity index (χ3n) is 3.77. The van der Waals surface area contributed by atoms with Crippen molar-refractivity contribution in [2.24, 2.45) is 0 Å². The van der Waals surface area contributed by atoms with E-state index in [1.54, 1.807) is 18.4 Å². The third-order valence-corrected chi connectivity index (χ3v) is 4.72. The van der Waals surface area contributed by atoms with Crippen LogP contribution < -0.4 is 4.74 Å². The Bertz CT molecular complexity index is 715. The average molecular weight is 300 g/mol. The number of hydrogen-bond acceptors (Lipinski definition) is 3. The Kier molecular flexibility index (Phi) is 4.13. The van der Waals surface area contributed by atoms with Crippen LogP contribution in [0.15, 0.2) is 35.7 Å². The molecular weight excluding hydrogens is 280 g/mol. The number of methoxy groups -OCH3 is 1. The highest BCUT2D eigenvalue weighted by atomic mass is 32.1. The van der Waals surface area contributed by atoms with Crippen molar-refractivity contribution < 1.29 is 9.47 Å². The van der Waals surface area contributed by atoms with Crippen LogP contribution >= 0.6 is 11.3 Å². The molecule has 3 heteroatoms. The Morgan fingerprint density at radius 2 is 1.76 bits per heavy atom. The van der Waals surface area contributed by atoms with Crippen LogP contribution in [0, 0.1) is 0 Å². The van der Waals surface area contributed by atoms with E-state index in [0.717, 1.165) is 5.75 Å². The Balaban J connectivity index is 2.12. The van der Waals surface area contributed by atoms with Crippen LogP contribution in [0.3, 0.4) is 0 Å². The van der Waals surface area contributed by atoms with Gasteiger partial charge in [-0.1, -0.05) is 38.1 Å². The second-order valence-electron chi connectivity index (χ2n) is 5.48. The van der Waals surface area contributed by atoms with Crippen molar-refractivity contribution in [3.63, 3.8) is 0 Å². The zero-order chi connectivity index (χ0) is 14.8. The van der Waals surface area contributed by atoms with E-state index in [-0.39, 0.29) is 0 Å². The Morgan fingerprint density at radius 1 is 1.00 bits per heavy atom. The molecular formula is C18H20O2S. The van der Waals surface area contributed by atoms with Crippen LogP contribution in [-0.2, 0) is 4.74 Å². The number of thiophene rings is 1. The first kappa shape index (κ1) is 14.4. The average Bonchev–Trinajstić information content (AvgIpc) is 2.95. The molecule has 0 unspecified atom stereocenters. The normalized spacial score (nSPS) is 11.6. The summed E-state index contributed by atoms with van der Waals surface area (Å²) in [5.41, 5.74) is 3.82. The molecule has 2 nitrogen and oxygen atoms in total. The highest BCUT2D eigenvalue weighted by molar-refractivity contribution is 7.18. The lowest BCUT2D eigenvalue weighted by molar-refractivity contribution is 0.147. The van der Waals surface area contributed by atoms with Gasteiger partial charge < -0.3 is 9.47 Å². The highest BCUT2D eigenvalue weighted by Gasteiger charge is 2.19. The molecule has 0 fully saturated rings. The predicted octanol–water partition coefficient (Wildman–Crippen LogP) is 5.15. The van der Waals surface area contributed by atoms with E-state index in [9.17, 15) is 0 Å². The fraction of sp³-hybridized carbons (Fsp3) is 0.333. The minimum atomic E-state index is 0.526. The molecule has 0 saturated heterocycles. The van der Waals surface area contributed by atoms with Gasteiger partial charge in [0.2, 0.25) is 0 Å². The first-order valence-corrected chi connectivity index (χ1v) is 8.15. The van der Waals surface area contributed by atoms with Crippen molar-refractivity contribution in [2.45, 2.75) is 19.8 Å². The fourth-order valence-corrected chi connectivity index (χ4v) is 3.53. The van der Waals surface area contributed by atoms with Gasteiger partial charge in [-0.05, 0) is 22.9 Å². The quantitative estimate of drug-likeness (QED) is 0.606. The second kappa shape index (κ2) is 6.04. The zero-order valence-electron chi connectivity index (χ0n) is 12.7. The fourth-order valence-electron chi connectivity index (χ4n) is 2.60. The minimum Gasteiger partial charge on any atom is -0.490 e. The Hall–Kier alpha value is -1.58. The van der Waals surface area contributed by atoms with Crippen molar-refractivity contribution in [1.29, 1.82) is 0 Å². The van der Waals surface area contributed by atoms with Gasteiger partial charge >= 0.3 is 0 Å². The maximum atomic E-state index is 5.99. The summed E-state index contributed by atoms with van der Waals surface area (Å²) >= 11 is 1.78. The summed E-state index contributed by atoms with van der Waals surface area (Å²) in [4.78, 5) is 0. The summed E-state index contributed by atoms with van der Waals surface area (Å²) in [6, 6.07) is 11.0. The van der Waals surface area contributed by atoms with Gasteiger partial charge in [-0.2, -0.15) is 0 Å². The molecule has 0 aliphatic heterocycles. The van der Waals surface area contributed by atoms with Crippen LogP contribution in [0.25, 0.3) is 21.2 Å². The highest BCUT2D eigenvalue weighted by Crippen LogP contribution is 2.46. The molecule has 0 N–H and O–H groups in total. The molecule has 21 heavy (non-hydrogen) atoms. The number of hydrogen-bond donors (Lipinski definition) is 0. The number of rotatable bonds is 5. The molecule has 0 radical (unpaired) electrons. The van der Waals surface area contributed by atoms with E-state index >= 15 is 0 Å². The van der Waals surface area contributed by atoms with Crippen LogP contribution in [0.5, 0.6) is 5.75 Å². The van der Waals surface area contributed by atoms with E-state index in [1.165, 1.54) is 26.8 Å². The lowest BCUT2D eigenvalue weighted by Gasteiger charge is -2.06. The summed E-state index contributed by atoms with van der Waals surface area (Å²) in [5.74, 6) is 1.52. The molecule has 2 aliphatic rings. The number of ether oxygens (including phenoxy) is 2. The Morgan fingerprint density at radius 3 is 2.48 bits per heavy atom. The van der Waals surface area contributed by atoms with Crippen LogP contribution in [0.2, 0.25) is 0 Å². The Labute approximate surface area is 129 Å². The molecule has 1 heterocycles. The SMILES string of the molecule is COCCOc1c2ccc(C(C)C)ccc-2c2sccc12. The monoisotopic (exact) mass is 300 g/mol. The van der Waals surface area contributed by atoms with E-state index in [0.29, 0.717) is 19.1 Å². The second-order valence-corrected chi connectivity index (χ2v) is 6.40. The molecule has 3 rings (SSSR count). The van der Waals surface area contributed by atoms with Gasteiger partial charge in [-0.3, -0.25) is 0 Å². The van der Waals surface area contributed by atoms with Crippen molar-refractivity contribution in [3.8, 4) is 16.9 Å². The van der Waals surface area contributed by atoms with E-state index in [4.69, 9.17) is 9.47 Å². The van der Waals surface area contributed by atoms with Crippen LogP contribution in [-0.4, -0.2) is 20.3 Å². The standard InChI is InChI=1S/C18H20O2S/c1-12(2)13-4-6-14-15(7-5-13)18-16(8-11-21-18)17(14)20-10-9-19-3/h4-8,11-12H,9-10H2,1-3H3. The molecule has 0 saturated carbocycles. The molecule has 0 aromatic carbocycles. The molecule has 2 aliphatic carbocycles. The molecule has 1 aromatic rings. The largest absolute Gasteiger partial charge is 0.490 e. The van der Waals surface area contributed by atoms with Gasteiger partial charge in [0.05, 0.1) is 6.61 Å². The molecule has 0 spiro atoms. The summed E-state index contributed by atoms with van der Waals surface area (Å²) in [6.45, 7) is 5.62. The summed E-state index contributed by atoms with van der Waals surface area (Å²) in [6.07, 6.45) is 0. The lowest BCUT2D eigenvalue weighted by Crippen LogP contribution is -2.04. The summed E-state index contributed by atoms with van der Waals surface area (Å²) in [5, 5.41) is 3.34. The molecule has 0 atom stereocenters. The van der Waals surface area contributed by atoms with Crippen LogP contribution in [0.4, 0.5) is 0 Å². The van der Waals surface area contributed by atoms with Crippen molar-refractivity contribution in [1.82, 2.24) is 0 Å². The first-order valence-electron chi connectivity index (χ1n) is 7.27. The van der Waals surface area contributed by atoms with Crippen molar-refractivity contribution >= 4 is 21.4 Å².